The molecule has 7 heteroatoms. The van der Waals surface area contributed by atoms with Gasteiger partial charge in [-0.15, -0.1) is 0 Å². The summed E-state index contributed by atoms with van der Waals surface area (Å²) in [6.45, 7) is 3.61. The van der Waals surface area contributed by atoms with Crippen molar-refractivity contribution < 1.29 is 14.4 Å². The highest BCUT2D eigenvalue weighted by atomic mass is 16.2. The lowest BCUT2D eigenvalue weighted by molar-refractivity contribution is -0.136. The van der Waals surface area contributed by atoms with Crippen molar-refractivity contribution in [1.29, 1.82) is 0 Å². The van der Waals surface area contributed by atoms with E-state index in [1.165, 1.54) is 32.1 Å². The quantitative estimate of drug-likeness (QED) is 0.395. The molecule has 4 fully saturated rings. The van der Waals surface area contributed by atoms with E-state index in [1.807, 2.05) is 19.1 Å². The van der Waals surface area contributed by atoms with Crippen LogP contribution in [-0.4, -0.2) is 29.5 Å². The molecule has 4 aliphatic carbocycles. The minimum Gasteiger partial charge on any atom is -0.352 e. The van der Waals surface area contributed by atoms with E-state index >= 15 is 0 Å². The van der Waals surface area contributed by atoms with Crippen LogP contribution >= 0.6 is 0 Å². The van der Waals surface area contributed by atoms with Gasteiger partial charge in [0.25, 0.3) is 0 Å². The maximum Gasteiger partial charge on any atom is 0.329 e. The van der Waals surface area contributed by atoms with Crippen molar-refractivity contribution in [2.24, 2.45) is 28.8 Å². The van der Waals surface area contributed by atoms with E-state index in [4.69, 9.17) is 0 Å². The second-order valence-corrected chi connectivity index (χ2v) is 9.31. The third-order valence-corrected chi connectivity index (χ3v) is 6.83. The molecule has 0 atom stereocenters. The Morgan fingerprint density at radius 1 is 0.933 bits per heavy atom. The number of carbonyl (C=O) groups excluding carboxylic acids is 3. The van der Waals surface area contributed by atoms with Gasteiger partial charge in [-0.3, -0.25) is 14.4 Å². The van der Waals surface area contributed by atoms with Gasteiger partial charge in [-0.25, -0.2) is 5.43 Å². The average molecular weight is 411 g/mol. The molecule has 4 aliphatic rings. The van der Waals surface area contributed by atoms with Crippen LogP contribution in [0.5, 0.6) is 0 Å². The Hall–Kier alpha value is -2.70. The number of anilines is 1. The van der Waals surface area contributed by atoms with Gasteiger partial charge in [0.1, 0.15) is 0 Å². The zero-order valence-corrected chi connectivity index (χ0v) is 17.6. The lowest BCUT2D eigenvalue weighted by Gasteiger charge is -2.54. The minimum absolute atomic E-state index is 0.0629. The Balaban J connectivity index is 1.23. The number of hydrogen-bond donors (Lipinski definition) is 3. The van der Waals surface area contributed by atoms with E-state index in [9.17, 15) is 14.4 Å². The molecule has 3 amide bonds. The maximum atomic E-state index is 12.5. The lowest BCUT2D eigenvalue weighted by atomic mass is 9.54. The summed E-state index contributed by atoms with van der Waals surface area (Å²) in [5.41, 5.74) is 4.30. The van der Waals surface area contributed by atoms with E-state index in [1.54, 1.807) is 19.1 Å². The molecule has 1 aromatic rings. The predicted molar refractivity (Wildman–Crippen MR) is 115 cm³/mol. The van der Waals surface area contributed by atoms with Crippen LogP contribution in [-0.2, 0) is 14.4 Å². The normalized spacial score (nSPS) is 29.4. The number of amides is 3. The molecule has 1 aromatic carbocycles. The molecule has 30 heavy (non-hydrogen) atoms. The Kier molecular flexibility index (Phi) is 5.88. The summed E-state index contributed by atoms with van der Waals surface area (Å²) in [7, 11) is 0. The summed E-state index contributed by atoms with van der Waals surface area (Å²) in [5.74, 6) is 1.24. The van der Waals surface area contributed by atoms with Crippen molar-refractivity contribution in [3.63, 3.8) is 0 Å². The highest BCUT2D eigenvalue weighted by Crippen LogP contribution is 2.53. The molecule has 0 aliphatic heterocycles. The predicted octanol–water partition coefficient (Wildman–Crippen LogP) is 2.76. The van der Waals surface area contributed by atoms with Crippen molar-refractivity contribution in [2.45, 2.75) is 58.4 Å². The number of nitrogens with zero attached hydrogens (tertiary/aromatic N) is 1. The Bertz CT molecular complexity index is 834. The summed E-state index contributed by atoms with van der Waals surface area (Å²) >= 11 is 0. The van der Waals surface area contributed by atoms with E-state index in [0.717, 1.165) is 17.4 Å². The number of rotatable bonds is 5. The molecule has 160 valence electrons. The highest BCUT2D eigenvalue weighted by molar-refractivity contribution is 6.39. The first-order valence-corrected chi connectivity index (χ1v) is 10.9. The summed E-state index contributed by atoms with van der Waals surface area (Å²) in [6, 6.07) is 7.43. The van der Waals surface area contributed by atoms with Crippen molar-refractivity contribution >= 4 is 29.1 Å². The molecule has 0 spiro atoms. The van der Waals surface area contributed by atoms with E-state index in [2.05, 4.69) is 21.2 Å². The zero-order valence-electron chi connectivity index (χ0n) is 17.6. The minimum atomic E-state index is -0.864. The second kappa shape index (κ2) is 8.58. The molecule has 4 saturated carbocycles. The van der Waals surface area contributed by atoms with Gasteiger partial charge < -0.3 is 10.6 Å². The maximum absolute atomic E-state index is 12.5. The number of aryl methyl sites for hydroxylation is 1. The summed E-state index contributed by atoms with van der Waals surface area (Å²) in [5, 5.41) is 9.67. The second-order valence-electron chi connectivity index (χ2n) is 9.31. The fraction of sp³-hybridized carbons (Fsp3) is 0.565. The standard InChI is InChI=1S/C23H30N4O3/c1-13-3-5-19(6-4-13)24-22(29)23(30)27-26-14(2)7-20(28)25-21-17-9-15-8-16(11-17)12-18(21)10-15/h3-6,15-18,21H,7-12H2,1-2H3,(H,24,29)(H,25,28)(H,27,30)/b26-14-. The van der Waals surface area contributed by atoms with Crippen LogP contribution in [0.15, 0.2) is 29.4 Å². The molecule has 0 saturated heterocycles. The molecular weight excluding hydrogens is 380 g/mol. The first kappa shape index (κ1) is 20.6. The Morgan fingerprint density at radius 3 is 2.13 bits per heavy atom. The molecular formula is C23H30N4O3. The van der Waals surface area contributed by atoms with Crippen molar-refractivity contribution in [3.05, 3.63) is 29.8 Å². The molecule has 5 rings (SSSR count). The van der Waals surface area contributed by atoms with Gasteiger partial charge in [0.15, 0.2) is 0 Å². The fourth-order valence-electron chi connectivity index (χ4n) is 5.69. The van der Waals surface area contributed by atoms with Crippen LogP contribution in [0.25, 0.3) is 0 Å². The third kappa shape index (κ3) is 4.71. The van der Waals surface area contributed by atoms with Crippen LogP contribution in [0.3, 0.4) is 0 Å². The summed E-state index contributed by atoms with van der Waals surface area (Å²) in [6.07, 6.45) is 6.49. The van der Waals surface area contributed by atoms with Crippen LogP contribution in [0.2, 0.25) is 0 Å². The Labute approximate surface area is 177 Å². The van der Waals surface area contributed by atoms with Gasteiger partial charge in [-0.05, 0) is 81.8 Å². The van der Waals surface area contributed by atoms with Crippen LogP contribution in [0.1, 0.15) is 51.0 Å². The van der Waals surface area contributed by atoms with Gasteiger partial charge in [-0.1, -0.05) is 17.7 Å². The molecule has 4 bridgehead atoms. The number of benzene rings is 1. The largest absolute Gasteiger partial charge is 0.352 e. The Morgan fingerprint density at radius 2 is 1.53 bits per heavy atom. The molecule has 3 N–H and O–H groups in total. The van der Waals surface area contributed by atoms with Gasteiger partial charge in [-0.2, -0.15) is 5.10 Å². The van der Waals surface area contributed by atoms with Crippen LogP contribution < -0.4 is 16.1 Å². The lowest BCUT2D eigenvalue weighted by Crippen LogP contribution is -2.56. The first-order chi connectivity index (χ1) is 14.4. The number of nitrogens with one attached hydrogen (secondary N) is 3. The number of hydrogen-bond acceptors (Lipinski definition) is 4. The molecule has 0 aromatic heterocycles. The fourth-order valence-corrected chi connectivity index (χ4v) is 5.69. The van der Waals surface area contributed by atoms with Gasteiger partial charge in [0.2, 0.25) is 5.91 Å². The first-order valence-electron chi connectivity index (χ1n) is 10.9. The van der Waals surface area contributed by atoms with Gasteiger partial charge >= 0.3 is 11.8 Å². The molecule has 0 heterocycles. The van der Waals surface area contributed by atoms with E-state index < -0.39 is 11.8 Å². The highest BCUT2D eigenvalue weighted by Gasteiger charge is 2.48. The molecule has 0 unspecified atom stereocenters. The third-order valence-electron chi connectivity index (χ3n) is 6.83. The summed E-state index contributed by atoms with van der Waals surface area (Å²) < 4.78 is 0. The van der Waals surface area contributed by atoms with Crippen molar-refractivity contribution in [3.8, 4) is 0 Å². The van der Waals surface area contributed by atoms with E-state index in [-0.39, 0.29) is 18.4 Å². The number of carbonyl (C=O) groups is 3. The molecule has 7 nitrogen and oxygen atoms in total. The monoisotopic (exact) mass is 410 g/mol. The SMILES string of the molecule is C/C(CC(=O)NC1C2CC3CC(C2)CC1C3)=N/NC(=O)C(=O)Nc1ccc(C)cc1. The van der Waals surface area contributed by atoms with Crippen molar-refractivity contribution in [1.82, 2.24) is 10.7 Å². The topological polar surface area (TPSA) is 99.7 Å². The average Bonchev–Trinajstić information content (AvgIpc) is 2.70. The summed E-state index contributed by atoms with van der Waals surface area (Å²) in [4.78, 5) is 36.4. The molecule has 0 radical (unpaired) electrons. The van der Waals surface area contributed by atoms with Crippen LogP contribution in [0, 0.1) is 30.6 Å². The van der Waals surface area contributed by atoms with Gasteiger partial charge in [0, 0.05) is 17.4 Å². The number of hydrazone groups is 1. The van der Waals surface area contributed by atoms with E-state index in [0.29, 0.717) is 23.2 Å². The smallest absolute Gasteiger partial charge is 0.329 e. The van der Waals surface area contributed by atoms with Gasteiger partial charge in [0.05, 0.1) is 6.42 Å². The van der Waals surface area contributed by atoms with Crippen LogP contribution in [0.4, 0.5) is 5.69 Å². The van der Waals surface area contributed by atoms with Crippen molar-refractivity contribution in [2.75, 3.05) is 5.32 Å². The zero-order chi connectivity index (χ0) is 21.3.